The van der Waals surface area contributed by atoms with Crippen LogP contribution in [-0.2, 0) is 6.42 Å². The molecule has 2 rings (SSSR count). The van der Waals surface area contributed by atoms with Crippen LogP contribution < -0.4 is 5.32 Å². The van der Waals surface area contributed by atoms with Crippen LogP contribution in [0.1, 0.15) is 33.6 Å². The molecule has 0 unspecified atom stereocenters. The first kappa shape index (κ1) is 12.8. The van der Waals surface area contributed by atoms with Crippen LogP contribution in [0.25, 0.3) is 0 Å². The van der Waals surface area contributed by atoms with Gasteiger partial charge < -0.3 is 14.8 Å². The molecule has 0 aliphatic heterocycles. The third-order valence-electron chi connectivity index (χ3n) is 2.53. The van der Waals surface area contributed by atoms with Gasteiger partial charge in [0, 0.05) is 12.6 Å². The van der Waals surface area contributed by atoms with Gasteiger partial charge in [0.2, 0.25) is 0 Å². The highest BCUT2D eigenvalue weighted by molar-refractivity contribution is 6.06. The summed E-state index contributed by atoms with van der Waals surface area (Å²) in [7, 11) is 0. The lowest BCUT2D eigenvalue weighted by molar-refractivity contribution is 0.0698. The monoisotopic (exact) mass is 260 g/mol. The van der Waals surface area contributed by atoms with Gasteiger partial charge >= 0.3 is 5.97 Å². The predicted molar refractivity (Wildman–Crippen MR) is 67.2 cm³/mol. The fourth-order valence-electron chi connectivity index (χ4n) is 1.55. The summed E-state index contributed by atoms with van der Waals surface area (Å²) in [6.45, 7) is 1.91. The van der Waals surface area contributed by atoms with Crippen molar-refractivity contribution in [3.05, 3.63) is 47.7 Å². The summed E-state index contributed by atoms with van der Waals surface area (Å²) in [5, 5.41) is 11.5. The van der Waals surface area contributed by atoms with E-state index in [-0.39, 0.29) is 17.0 Å². The van der Waals surface area contributed by atoms with E-state index in [1.54, 1.807) is 12.1 Å². The molecular formula is C13H12N2O4. The summed E-state index contributed by atoms with van der Waals surface area (Å²) in [5.41, 5.74) is 0.111. The third kappa shape index (κ3) is 2.79. The van der Waals surface area contributed by atoms with E-state index in [1.807, 2.05) is 6.92 Å². The minimum Gasteiger partial charge on any atom is -0.478 e. The maximum absolute atomic E-state index is 11.9. The van der Waals surface area contributed by atoms with Gasteiger partial charge in [0.25, 0.3) is 5.91 Å². The molecule has 1 amide bonds. The number of nitrogens with zero attached hydrogens (tertiary/aromatic N) is 1. The van der Waals surface area contributed by atoms with Gasteiger partial charge in [0.1, 0.15) is 5.76 Å². The molecule has 0 saturated heterocycles. The predicted octanol–water partition coefficient (Wildman–Crippen LogP) is 2.19. The number of anilines is 1. The van der Waals surface area contributed by atoms with E-state index >= 15 is 0 Å². The smallest absolute Gasteiger partial charge is 0.337 e. The van der Waals surface area contributed by atoms with Gasteiger partial charge in [-0.2, -0.15) is 0 Å². The molecule has 2 aromatic heterocycles. The molecule has 0 aromatic carbocycles. The van der Waals surface area contributed by atoms with Gasteiger partial charge in [-0.05, 0) is 18.2 Å². The first-order chi connectivity index (χ1) is 9.11. The first-order valence-electron chi connectivity index (χ1n) is 5.69. The van der Waals surface area contributed by atoms with Gasteiger partial charge in [-0.3, -0.25) is 9.78 Å². The van der Waals surface area contributed by atoms with Crippen LogP contribution in [0.3, 0.4) is 0 Å². The number of aryl methyl sites for hydroxylation is 1. The zero-order valence-corrected chi connectivity index (χ0v) is 10.2. The molecule has 2 N–H and O–H groups in total. The van der Waals surface area contributed by atoms with Crippen molar-refractivity contribution in [2.75, 3.05) is 5.32 Å². The Bertz CT molecular complexity index is 619. The largest absolute Gasteiger partial charge is 0.478 e. The van der Waals surface area contributed by atoms with Crippen LogP contribution in [0.5, 0.6) is 0 Å². The van der Waals surface area contributed by atoms with Crippen molar-refractivity contribution in [1.82, 2.24) is 4.98 Å². The number of hydrogen-bond acceptors (Lipinski definition) is 4. The maximum Gasteiger partial charge on any atom is 0.337 e. The fraction of sp³-hybridized carbons (Fsp3) is 0.154. The molecule has 2 aromatic rings. The molecule has 0 fully saturated rings. The van der Waals surface area contributed by atoms with E-state index in [0.717, 1.165) is 0 Å². The number of carbonyl (C=O) groups excluding carboxylic acids is 1. The highest BCUT2D eigenvalue weighted by Crippen LogP contribution is 2.16. The Kier molecular flexibility index (Phi) is 3.61. The second-order valence-electron chi connectivity index (χ2n) is 3.80. The Morgan fingerprint density at radius 2 is 2.16 bits per heavy atom. The number of rotatable bonds is 4. The van der Waals surface area contributed by atoms with Crippen LogP contribution in [0.2, 0.25) is 0 Å². The molecule has 0 aliphatic carbocycles. The summed E-state index contributed by atoms with van der Waals surface area (Å²) < 4.78 is 5.29. The van der Waals surface area contributed by atoms with Crippen LogP contribution in [-0.4, -0.2) is 22.0 Å². The number of nitrogens with one attached hydrogen (secondary N) is 1. The van der Waals surface area contributed by atoms with E-state index in [2.05, 4.69) is 10.3 Å². The van der Waals surface area contributed by atoms with Crippen molar-refractivity contribution >= 4 is 17.6 Å². The summed E-state index contributed by atoms with van der Waals surface area (Å²) >= 11 is 0. The number of hydrogen-bond donors (Lipinski definition) is 2. The Labute approximate surface area is 109 Å². The Hall–Kier alpha value is -2.63. The Morgan fingerprint density at radius 3 is 2.79 bits per heavy atom. The number of aromatic carboxylic acids is 1. The highest BCUT2D eigenvalue weighted by atomic mass is 16.4. The van der Waals surface area contributed by atoms with Crippen molar-refractivity contribution < 1.29 is 19.1 Å². The normalized spacial score (nSPS) is 10.2. The number of carboxylic acid groups (broad SMARTS) is 1. The van der Waals surface area contributed by atoms with E-state index in [4.69, 9.17) is 9.52 Å². The number of furan rings is 1. The molecule has 19 heavy (non-hydrogen) atoms. The molecule has 6 heteroatoms. The molecule has 0 bridgehead atoms. The lowest BCUT2D eigenvalue weighted by atomic mass is 10.2. The number of aromatic nitrogens is 1. The SMILES string of the molecule is CCc1ccc(C(=O)Nc2cnccc2C(=O)O)o1. The van der Waals surface area contributed by atoms with Crippen molar-refractivity contribution in [2.45, 2.75) is 13.3 Å². The van der Waals surface area contributed by atoms with Crippen LogP contribution in [0, 0.1) is 0 Å². The second kappa shape index (κ2) is 5.34. The minimum absolute atomic E-state index is 0.0226. The molecule has 0 spiro atoms. The zero-order chi connectivity index (χ0) is 13.8. The molecule has 98 valence electrons. The van der Waals surface area contributed by atoms with Gasteiger partial charge in [0.15, 0.2) is 5.76 Å². The maximum atomic E-state index is 11.9. The molecule has 0 radical (unpaired) electrons. The lowest BCUT2D eigenvalue weighted by Gasteiger charge is -2.05. The topological polar surface area (TPSA) is 92.4 Å². The zero-order valence-electron chi connectivity index (χ0n) is 10.2. The summed E-state index contributed by atoms with van der Waals surface area (Å²) in [5.74, 6) is -0.812. The number of pyridine rings is 1. The van der Waals surface area contributed by atoms with Crippen molar-refractivity contribution in [2.24, 2.45) is 0 Å². The average molecular weight is 260 g/mol. The van der Waals surface area contributed by atoms with Crippen LogP contribution in [0.4, 0.5) is 5.69 Å². The van der Waals surface area contributed by atoms with Gasteiger partial charge in [0.05, 0.1) is 17.4 Å². The molecular weight excluding hydrogens is 248 g/mol. The average Bonchev–Trinajstić information content (AvgIpc) is 2.88. The summed E-state index contributed by atoms with van der Waals surface area (Å²) in [6.07, 6.45) is 3.31. The molecule has 6 nitrogen and oxygen atoms in total. The van der Waals surface area contributed by atoms with Crippen LogP contribution >= 0.6 is 0 Å². The number of carbonyl (C=O) groups is 2. The van der Waals surface area contributed by atoms with E-state index in [9.17, 15) is 9.59 Å². The van der Waals surface area contributed by atoms with Crippen molar-refractivity contribution in [1.29, 1.82) is 0 Å². The van der Waals surface area contributed by atoms with E-state index < -0.39 is 11.9 Å². The first-order valence-corrected chi connectivity index (χ1v) is 5.69. The van der Waals surface area contributed by atoms with Gasteiger partial charge in [-0.25, -0.2) is 4.79 Å². The lowest BCUT2D eigenvalue weighted by Crippen LogP contribution is -2.14. The third-order valence-corrected chi connectivity index (χ3v) is 2.53. The Balaban J connectivity index is 2.21. The van der Waals surface area contributed by atoms with Crippen molar-refractivity contribution in [3.63, 3.8) is 0 Å². The highest BCUT2D eigenvalue weighted by Gasteiger charge is 2.15. The van der Waals surface area contributed by atoms with Gasteiger partial charge in [-0.15, -0.1) is 0 Å². The van der Waals surface area contributed by atoms with E-state index in [1.165, 1.54) is 18.5 Å². The summed E-state index contributed by atoms with van der Waals surface area (Å²) in [4.78, 5) is 26.7. The standard InChI is InChI=1S/C13H12N2O4/c1-2-8-3-4-11(19-8)12(16)15-10-7-14-6-5-9(10)13(17)18/h3-7H,2H2,1H3,(H,15,16)(H,17,18). The molecule has 0 aliphatic rings. The van der Waals surface area contributed by atoms with Gasteiger partial charge in [-0.1, -0.05) is 6.92 Å². The number of carboxylic acids is 1. The summed E-state index contributed by atoms with van der Waals surface area (Å²) in [6, 6.07) is 4.57. The molecule has 0 atom stereocenters. The van der Waals surface area contributed by atoms with E-state index in [0.29, 0.717) is 12.2 Å². The second-order valence-corrected chi connectivity index (χ2v) is 3.80. The minimum atomic E-state index is -1.13. The molecule has 2 heterocycles. The quantitative estimate of drug-likeness (QED) is 0.879. The Morgan fingerprint density at radius 1 is 1.37 bits per heavy atom. The molecule has 0 saturated carbocycles. The van der Waals surface area contributed by atoms with Crippen molar-refractivity contribution in [3.8, 4) is 0 Å². The number of amides is 1. The van der Waals surface area contributed by atoms with Crippen LogP contribution in [0.15, 0.2) is 35.0 Å². The fourth-order valence-corrected chi connectivity index (χ4v) is 1.55.